The summed E-state index contributed by atoms with van der Waals surface area (Å²) in [6.45, 7) is 9.93. The Morgan fingerprint density at radius 3 is 2.23 bits per heavy atom. The summed E-state index contributed by atoms with van der Waals surface area (Å²) in [6.07, 6.45) is 4.85. The highest BCUT2D eigenvalue weighted by Crippen LogP contribution is 2.39. The lowest BCUT2D eigenvalue weighted by Gasteiger charge is -2.22. The van der Waals surface area contributed by atoms with Crippen molar-refractivity contribution in [1.29, 1.82) is 0 Å². The smallest absolute Gasteiger partial charge is 0.326 e. The fourth-order valence-electron chi connectivity index (χ4n) is 4.14. The largest absolute Gasteiger partial charge is 0.481 e. The van der Waals surface area contributed by atoms with E-state index >= 15 is 0 Å². The van der Waals surface area contributed by atoms with Gasteiger partial charge in [0, 0.05) is 25.2 Å². The van der Waals surface area contributed by atoms with Crippen LogP contribution in [-0.4, -0.2) is 50.7 Å². The molecule has 10 heteroatoms. The Hall–Kier alpha value is -3.59. The van der Waals surface area contributed by atoms with Gasteiger partial charge in [0.15, 0.2) is 5.75 Å². The van der Waals surface area contributed by atoms with Gasteiger partial charge in [-0.15, -0.1) is 0 Å². The Kier molecular flexibility index (Phi) is 15.2. The van der Waals surface area contributed by atoms with E-state index in [9.17, 15) is 9.59 Å². The molecule has 0 aromatic heterocycles. The first-order valence-corrected chi connectivity index (χ1v) is 15.2. The van der Waals surface area contributed by atoms with Crippen molar-refractivity contribution in [2.45, 2.75) is 54.1 Å². The van der Waals surface area contributed by atoms with Crippen LogP contribution in [0.25, 0.3) is 5.57 Å². The molecule has 44 heavy (non-hydrogen) atoms. The SMILES string of the molecule is CC/C=C(/C(=O)N(COCc1ccccc1)C(=O)NC)c1cc(Cl)c(OC(/C=C(\C(=N/C)OC)C(C)C)=C(/C)CC)c(Cl)c1. The first-order chi connectivity index (χ1) is 21.0. The number of urea groups is 1. The summed E-state index contributed by atoms with van der Waals surface area (Å²) >= 11 is 13.5. The molecule has 0 fully saturated rings. The van der Waals surface area contributed by atoms with Crippen molar-refractivity contribution >= 4 is 46.6 Å². The molecule has 0 radical (unpaired) electrons. The third-order valence-corrected chi connectivity index (χ3v) is 7.26. The number of carbonyl (C=O) groups excluding carboxylic acids is 2. The number of hydrogen-bond donors (Lipinski definition) is 1. The molecule has 0 heterocycles. The number of carbonyl (C=O) groups is 2. The Balaban J connectivity index is 2.48. The van der Waals surface area contributed by atoms with E-state index in [0.29, 0.717) is 23.6 Å². The first-order valence-electron chi connectivity index (χ1n) is 14.5. The lowest BCUT2D eigenvalue weighted by molar-refractivity contribution is -0.126. The number of benzene rings is 2. The molecule has 0 aliphatic carbocycles. The van der Waals surface area contributed by atoms with Gasteiger partial charge in [-0.05, 0) is 60.6 Å². The van der Waals surface area contributed by atoms with Crippen molar-refractivity contribution in [2.75, 3.05) is 27.9 Å². The molecule has 0 saturated heterocycles. The van der Waals surface area contributed by atoms with Crippen LogP contribution in [0.4, 0.5) is 4.79 Å². The lowest BCUT2D eigenvalue weighted by atomic mass is 10.0. The van der Waals surface area contributed by atoms with E-state index in [4.69, 9.17) is 37.4 Å². The number of imide groups is 1. The molecule has 2 rings (SSSR count). The number of methoxy groups -OCH3 is 1. The summed E-state index contributed by atoms with van der Waals surface area (Å²) in [6, 6.07) is 12.1. The minimum Gasteiger partial charge on any atom is -0.481 e. The second-order valence-corrected chi connectivity index (χ2v) is 10.9. The fourth-order valence-corrected chi connectivity index (χ4v) is 4.71. The van der Waals surface area contributed by atoms with E-state index in [1.165, 1.54) is 7.05 Å². The van der Waals surface area contributed by atoms with Crippen molar-refractivity contribution in [1.82, 2.24) is 10.2 Å². The molecule has 2 aromatic rings. The lowest BCUT2D eigenvalue weighted by Crippen LogP contribution is -2.44. The third kappa shape index (κ3) is 9.97. The van der Waals surface area contributed by atoms with E-state index in [2.05, 4.69) is 10.3 Å². The second kappa shape index (κ2) is 18.3. The maximum Gasteiger partial charge on any atom is 0.326 e. The number of allylic oxidation sites excluding steroid dienone is 3. The predicted molar refractivity (Wildman–Crippen MR) is 179 cm³/mol. The molecule has 0 spiro atoms. The fraction of sp³-hybridized carbons (Fsp3) is 0.382. The van der Waals surface area contributed by atoms with Gasteiger partial charge >= 0.3 is 6.03 Å². The molecule has 0 aliphatic heterocycles. The van der Waals surface area contributed by atoms with Crippen LogP contribution in [0.1, 0.15) is 58.6 Å². The molecule has 0 atom stereocenters. The van der Waals surface area contributed by atoms with Crippen LogP contribution in [0.15, 0.2) is 76.5 Å². The summed E-state index contributed by atoms with van der Waals surface area (Å²) in [5, 5.41) is 2.91. The molecular weight excluding hydrogens is 601 g/mol. The third-order valence-electron chi connectivity index (χ3n) is 6.70. The van der Waals surface area contributed by atoms with E-state index in [1.807, 2.05) is 71.0 Å². The van der Waals surface area contributed by atoms with Crippen LogP contribution >= 0.6 is 23.2 Å². The van der Waals surface area contributed by atoms with Crippen molar-refractivity contribution in [3.63, 3.8) is 0 Å². The van der Waals surface area contributed by atoms with Crippen molar-refractivity contribution in [3.8, 4) is 5.75 Å². The number of nitrogens with zero attached hydrogens (tertiary/aromatic N) is 2. The van der Waals surface area contributed by atoms with Gasteiger partial charge in [-0.3, -0.25) is 9.79 Å². The molecule has 0 unspecified atom stereocenters. The number of amides is 3. The minimum atomic E-state index is -0.606. The van der Waals surface area contributed by atoms with Crippen LogP contribution in [0.3, 0.4) is 0 Å². The number of halogens is 2. The molecule has 3 amide bonds. The normalized spacial score (nSPS) is 13.0. The van der Waals surface area contributed by atoms with Crippen LogP contribution in [0.2, 0.25) is 10.0 Å². The van der Waals surface area contributed by atoms with Crippen molar-refractivity contribution in [3.05, 3.63) is 92.7 Å². The Morgan fingerprint density at radius 2 is 1.73 bits per heavy atom. The molecule has 0 saturated carbocycles. The molecule has 8 nitrogen and oxygen atoms in total. The molecule has 0 bridgehead atoms. The van der Waals surface area contributed by atoms with Crippen LogP contribution in [0.5, 0.6) is 5.75 Å². The number of nitrogens with one attached hydrogen (secondary N) is 1. The van der Waals surface area contributed by atoms with Crippen LogP contribution < -0.4 is 10.1 Å². The summed E-state index contributed by atoms with van der Waals surface area (Å²) in [7, 11) is 4.69. The molecule has 238 valence electrons. The zero-order chi connectivity index (χ0) is 32.8. The summed E-state index contributed by atoms with van der Waals surface area (Å²) < 4.78 is 17.5. The van der Waals surface area contributed by atoms with Gasteiger partial charge in [0.05, 0.1) is 23.8 Å². The Bertz CT molecular complexity index is 1390. The Labute approximate surface area is 271 Å². The number of ether oxygens (including phenoxy) is 3. The maximum absolute atomic E-state index is 13.8. The minimum absolute atomic E-state index is 0.0953. The van der Waals surface area contributed by atoms with E-state index in [-0.39, 0.29) is 40.6 Å². The average molecular weight is 645 g/mol. The van der Waals surface area contributed by atoms with E-state index in [0.717, 1.165) is 28.0 Å². The van der Waals surface area contributed by atoms with E-state index in [1.54, 1.807) is 32.4 Å². The summed E-state index contributed by atoms with van der Waals surface area (Å²) in [4.78, 5) is 31.8. The van der Waals surface area contributed by atoms with E-state index < -0.39 is 11.9 Å². The van der Waals surface area contributed by atoms with Gasteiger partial charge in [-0.2, -0.15) is 0 Å². The molecule has 0 aliphatic rings. The van der Waals surface area contributed by atoms with Gasteiger partial charge in [0.25, 0.3) is 5.91 Å². The molecule has 2 aromatic carbocycles. The second-order valence-electron chi connectivity index (χ2n) is 10.1. The highest BCUT2D eigenvalue weighted by atomic mass is 35.5. The van der Waals surface area contributed by atoms with Gasteiger partial charge < -0.3 is 19.5 Å². The topological polar surface area (TPSA) is 89.5 Å². The monoisotopic (exact) mass is 643 g/mol. The molecule has 1 N–H and O–H groups in total. The quantitative estimate of drug-likeness (QED) is 0.0590. The van der Waals surface area contributed by atoms with Gasteiger partial charge in [-0.25, -0.2) is 9.69 Å². The van der Waals surface area contributed by atoms with Gasteiger partial charge in [-0.1, -0.05) is 87.3 Å². The summed E-state index contributed by atoms with van der Waals surface area (Å²) in [5.41, 5.74) is 3.42. The zero-order valence-corrected chi connectivity index (χ0v) is 28.3. The highest BCUT2D eigenvalue weighted by molar-refractivity contribution is 6.38. The van der Waals surface area contributed by atoms with Gasteiger partial charge in [0.2, 0.25) is 5.90 Å². The predicted octanol–water partition coefficient (Wildman–Crippen LogP) is 8.45. The van der Waals surface area contributed by atoms with Gasteiger partial charge in [0.1, 0.15) is 12.5 Å². The summed E-state index contributed by atoms with van der Waals surface area (Å²) in [5.74, 6) is 0.840. The van der Waals surface area contributed by atoms with Crippen LogP contribution in [-0.2, 0) is 20.9 Å². The molecular formula is C34H43Cl2N3O5. The Morgan fingerprint density at radius 1 is 1.09 bits per heavy atom. The highest BCUT2D eigenvalue weighted by Gasteiger charge is 2.26. The number of rotatable bonds is 13. The number of hydrogen-bond acceptors (Lipinski definition) is 6. The average Bonchev–Trinajstić information content (AvgIpc) is 3.02. The number of aliphatic imine (C=N–C) groups is 1. The zero-order valence-electron chi connectivity index (χ0n) is 26.8. The first kappa shape index (κ1) is 36.6. The standard InChI is InChI=1S/C34H43Cl2N3O5/c1-9-14-26(33(40)39(34(41)38-7)21-43-20-24-15-12-11-13-16-24)25-17-28(35)31(29(36)18-25)44-30(23(5)10-2)19-27(22(3)4)32(37-6)42-8/h11-19,22H,9-10,20-21H2,1-8H3,(H,38,41)/b26-14+,27-19-,30-23-,37-32+. The maximum atomic E-state index is 13.8. The van der Waals surface area contributed by atoms with Crippen molar-refractivity contribution in [2.24, 2.45) is 10.9 Å². The van der Waals surface area contributed by atoms with Crippen LogP contribution in [0, 0.1) is 5.92 Å². The van der Waals surface area contributed by atoms with Crippen molar-refractivity contribution < 1.29 is 23.8 Å².